The maximum absolute atomic E-state index is 12.5. The third-order valence-electron chi connectivity index (χ3n) is 1.79. The molecule has 0 bridgehead atoms. The lowest BCUT2D eigenvalue weighted by molar-refractivity contribution is -0.148. The molecule has 0 aliphatic carbocycles. The Morgan fingerprint density at radius 1 is 1.20 bits per heavy atom. The zero-order chi connectivity index (χ0) is 11.5. The lowest BCUT2D eigenvalue weighted by atomic mass is 10.1. The standard InChI is InChI=1S/C9H6F4N.Al.2H/c1-14-8(9(11,12)13)6-2-4-7(10)5-3-6;;;/h1-5,8H;;;. The van der Waals surface area contributed by atoms with Crippen LogP contribution in [0.4, 0.5) is 17.6 Å². The minimum absolute atomic E-state index is 0.0454. The summed E-state index contributed by atoms with van der Waals surface area (Å²) >= 11 is 0.454. The lowest BCUT2D eigenvalue weighted by Crippen LogP contribution is -2.19. The molecule has 0 radical (unpaired) electrons. The monoisotopic (exact) mass is 233 g/mol. The van der Waals surface area contributed by atoms with E-state index < -0.39 is 18.0 Å². The van der Waals surface area contributed by atoms with Gasteiger partial charge in [0.05, 0.1) is 0 Å². The van der Waals surface area contributed by atoms with Gasteiger partial charge in [-0.15, -0.1) is 0 Å². The second-order valence-corrected chi connectivity index (χ2v) is 3.42. The smallest absolute Gasteiger partial charge is 0.299 e. The van der Waals surface area contributed by atoms with Gasteiger partial charge in [0.1, 0.15) is 5.82 Å². The Kier molecular flexibility index (Phi) is 3.89. The maximum atomic E-state index is 12.5. The second-order valence-electron chi connectivity index (χ2n) is 2.90. The van der Waals surface area contributed by atoms with Crippen LogP contribution in [0.3, 0.4) is 0 Å². The highest BCUT2D eigenvalue weighted by atomic mass is 27.0. The zero-order valence-corrected chi connectivity index (χ0v) is 9.92. The summed E-state index contributed by atoms with van der Waals surface area (Å²) in [5.41, 5.74) is -0.0454. The van der Waals surface area contributed by atoms with Crippen molar-refractivity contribution in [2.45, 2.75) is 12.2 Å². The SMILES string of the molecule is Fc1ccc(C(N=[CH][AlH2])C(F)(F)F)cc1. The molecule has 80 valence electrons. The van der Waals surface area contributed by atoms with Crippen LogP contribution in [-0.4, -0.2) is 27.5 Å². The number of nitrogens with zero attached hydrogens (tertiary/aromatic N) is 1. The molecular formula is C9H8AlF4N. The third-order valence-corrected chi connectivity index (χ3v) is 2.09. The van der Waals surface area contributed by atoms with E-state index in [1.54, 1.807) is 0 Å². The van der Waals surface area contributed by atoms with Crippen LogP contribution in [-0.2, 0) is 0 Å². The Bertz CT molecular complexity index is 344. The molecule has 0 heterocycles. The summed E-state index contributed by atoms with van der Waals surface area (Å²) in [5.74, 6) is -0.561. The highest BCUT2D eigenvalue weighted by Crippen LogP contribution is 2.35. The zero-order valence-electron chi connectivity index (χ0n) is 7.92. The molecule has 1 nitrogen and oxygen atoms in total. The fourth-order valence-electron chi connectivity index (χ4n) is 1.15. The molecule has 1 rings (SSSR count). The summed E-state index contributed by atoms with van der Waals surface area (Å²) in [5, 5.41) is 1.22. The quantitative estimate of drug-likeness (QED) is 0.421. The second kappa shape index (κ2) is 4.78. The number of aliphatic imine (C=N–C) groups is 1. The lowest BCUT2D eigenvalue weighted by Gasteiger charge is -2.16. The van der Waals surface area contributed by atoms with E-state index in [1.807, 2.05) is 0 Å². The first-order chi connectivity index (χ1) is 6.95. The van der Waals surface area contributed by atoms with Gasteiger partial charge in [-0.25, -0.2) is 4.39 Å². The largest absolute Gasteiger partial charge is 0.414 e. The first-order valence-electron chi connectivity index (χ1n) is 4.25. The summed E-state index contributed by atoms with van der Waals surface area (Å²) in [6, 6.07) is 2.31. The Morgan fingerprint density at radius 2 is 1.73 bits per heavy atom. The molecule has 0 aliphatic heterocycles. The number of hydrogen-bond acceptors (Lipinski definition) is 1. The average Bonchev–Trinajstić information content (AvgIpc) is 2.14. The van der Waals surface area contributed by atoms with Gasteiger partial charge in [0.15, 0.2) is 6.04 Å². The Balaban J connectivity index is 3.05. The first-order valence-corrected chi connectivity index (χ1v) is 5.40. The summed E-state index contributed by atoms with van der Waals surface area (Å²) in [7, 11) is 0. The molecule has 0 saturated carbocycles. The molecule has 15 heavy (non-hydrogen) atoms. The van der Waals surface area contributed by atoms with E-state index in [4.69, 9.17) is 0 Å². The molecular weight excluding hydrogens is 225 g/mol. The van der Waals surface area contributed by atoms with Crippen LogP contribution in [0.25, 0.3) is 0 Å². The topological polar surface area (TPSA) is 12.4 Å². The van der Waals surface area contributed by atoms with E-state index >= 15 is 0 Å². The van der Waals surface area contributed by atoms with Gasteiger partial charge in [0, 0.05) is 0 Å². The van der Waals surface area contributed by atoms with E-state index in [0.29, 0.717) is 16.3 Å². The van der Waals surface area contributed by atoms with E-state index in [2.05, 4.69) is 4.99 Å². The van der Waals surface area contributed by atoms with E-state index in [-0.39, 0.29) is 5.56 Å². The minimum atomic E-state index is -4.43. The first kappa shape index (κ1) is 12.2. The predicted molar refractivity (Wildman–Crippen MR) is 52.2 cm³/mol. The van der Waals surface area contributed by atoms with Gasteiger partial charge in [-0.05, 0) is 17.7 Å². The number of hydrogen-bond donors (Lipinski definition) is 0. The fourth-order valence-corrected chi connectivity index (χ4v) is 1.45. The maximum Gasteiger partial charge on any atom is 0.414 e. The molecule has 0 N–H and O–H groups in total. The fraction of sp³-hybridized carbons (Fsp3) is 0.222. The minimum Gasteiger partial charge on any atom is -0.299 e. The van der Waals surface area contributed by atoms with Gasteiger partial charge in [-0.3, -0.25) is 4.99 Å². The number of benzene rings is 1. The molecule has 1 atom stereocenters. The van der Waals surface area contributed by atoms with Crippen LogP contribution in [0, 0.1) is 5.82 Å². The summed E-state index contributed by atoms with van der Waals surface area (Å²) < 4.78 is 50.0. The van der Waals surface area contributed by atoms with Gasteiger partial charge in [0.2, 0.25) is 0 Å². The normalized spacial score (nSPS) is 14.4. The van der Waals surface area contributed by atoms with Crippen LogP contribution in [0.1, 0.15) is 11.6 Å². The van der Waals surface area contributed by atoms with Crippen molar-refractivity contribution < 1.29 is 17.6 Å². The number of rotatable bonds is 2. The highest BCUT2D eigenvalue weighted by Gasteiger charge is 2.40. The van der Waals surface area contributed by atoms with E-state index in [1.165, 1.54) is 5.08 Å². The molecule has 0 spiro atoms. The van der Waals surface area contributed by atoms with Gasteiger partial charge in [-0.1, -0.05) is 17.2 Å². The van der Waals surface area contributed by atoms with Crippen molar-refractivity contribution in [2.24, 2.45) is 4.99 Å². The van der Waals surface area contributed by atoms with E-state index in [0.717, 1.165) is 24.3 Å². The predicted octanol–water partition coefficient (Wildman–Crippen LogP) is 2.09. The van der Waals surface area contributed by atoms with Crippen LogP contribution in [0.15, 0.2) is 29.3 Å². The molecule has 1 aromatic rings. The Labute approximate surface area is 92.2 Å². The van der Waals surface area contributed by atoms with Crippen molar-refractivity contribution in [2.75, 3.05) is 0 Å². The van der Waals surface area contributed by atoms with Gasteiger partial charge >= 0.3 is 6.18 Å². The molecule has 1 unspecified atom stereocenters. The molecule has 6 heteroatoms. The van der Waals surface area contributed by atoms with Gasteiger partial charge < -0.3 is 0 Å². The Morgan fingerprint density at radius 3 is 2.13 bits per heavy atom. The molecule has 0 saturated heterocycles. The van der Waals surface area contributed by atoms with Gasteiger partial charge in [0.25, 0.3) is 16.3 Å². The summed E-state index contributed by atoms with van der Waals surface area (Å²) in [4.78, 5) is 3.38. The van der Waals surface area contributed by atoms with E-state index in [9.17, 15) is 17.6 Å². The third kappa shape index (κ3) is 3.33. The molecule has 1 aromatic carbocycles. The molecule has 0 aliphatic rings. The van der Waals surface area contributed by atoms with Crippen LogP contribution in [0.5, 0.6) is 0 Å². The molecule has 0 amide bonds. The summed E-state index contributed by atoms with van der Waals surface area (Å²) in [6.07, 6.45) is -4.43. The van der Waals surface area contributed by atoms with Crippen molar-refractivity contribution >= 4 is 21.4 Å². The number of alkyl halides is 3. The van der Waals surface area contributed by atoms with Crippen molar-refractivity contribution in [3.8, 4) is 0 Å². The van der Waals surface area contributed by atoms with Crippen molar-refractivity contribution in [3.63, 3.8) is 0 Å². The summed E-state index contributed by atoms with van der Waals surface area (Å²) in [6.45, 7) is 0. The van der Waals surface area contributed by atoms with Crippen molar-refractivity contribution in [1.82, 2.24) is 0 Å². The van der Waals surface area contributed by atoms with Crippen molar-refractivity contribution in [3.05, 3.63) is 35.6 Å². The van der Waals surface area contributed by atoms with Crippen molar-refractivity contribution in [1.29, 1.82) is 0 Å². The van der Waals surface area contributed by atoms with Gasteiger partial charge in [-0.2, -0.15) is 13.2 Å². The molecule has 0 aromatic heterocycles. The van der Waals surface area contributed by atoms with Crippen LogP contribution < -0.4 is 0 Å². The van der Waals surface area contributed by atoms with Crippen LogP contribution in [0.2, 0.25) is 0 Å². The Hall–Kier alpha value is -0.858. The van der Waals surface area contributed by atoms with Crippen LogP contribution >= 0.6 is 0 Å². The highest BCUT2D eigenvalue weighted by molar-refractivity contribution is 6.49. The number of halogens is 4. The average molecular weight is 233 g/mol. The molecule has 0 fully saturated rings.